The number of amides is 1. The summed E-state index contributed by atoms with van der Waals surface area (Å²) in [6.07, 6.45) is 0.516. The van der Waals surface area contributed by atoms with Crippen molar-refractivity contribution in [3.8, 4) is 17.2 Å². The smallest absolute Gasteiger partial charge is 0.290 e. The average molecular weight is 472 g/mol. The molecular weight excluding hydrogens is 446 g/mol. The van der Waals surface area contributed by atoms with Crippen molar-refractivity contribution in [1.82, 2.24) is 4.90 Å². The number of hydrogen-bond donors (Lipinski definition) is 1. The van der Waals surface area contributed by atoms with Crippen LogP contribution in [-0.4, -0.2) is 36.7 Å². The van der Waals surface area contributed by atoms with Gasteiger partial charge in [-0.05, 0) is 60.9 Å². The lowest BCUT2D eigenvalue weighted by atomic mass is 9.97. The fourth-order valence-corrected chi connectivity index (χ4v) is 4.69. The van der Waals surface area contributed by atoms with E-state index in [9.17, 15) is 14.7 Å². The van der Waals surface area contributed by atoms with Crippen LogP contribution in [0.25, 0.3) is 11.0 Å². The number of ether oxygens (including phenoxy) is 2. The number of nitrogens with zero attached hydrogens (tertiary/aromatic N) is 1. The topological polar surface area (TPSA) is 89.2 Å². The number of benzene rings is 3. The van der Waals surface area contributed by atoms with Crippen LogP contribution in [0.5, 0.6) is 17.2 Å². The van der Waals surface area contributed by atoms with E-state index in [1.165, 1.54) is 0 Å². The first-order valence-corrected chi connectivity index (χ1v) is 11.3. The Labute approximate surface area is 202 Å². The molecule has 178 valence electrons. The number of methoxy groups -OCH3 is 2. The first-order chi connectivity index (χ1) is 16.9. The molecule has 35 heavy (non-hydrogen) atoms. The van der Waals surface area contributed by atoms with Crippen LogP contribution in [0.3, 0.4) is 0 Å². The van der Waals surface area contributed by atoms with E-state index in [0.717, 1.165) is 11.1 Å². The fraction of sp³-hybridized carbons (Fsp3) is 0.214. The van der Waals surface area contributed by atoms with E-state index >= 15 is 0 Å². The number of carbonyl (C=O) groups excluding carboxylic acids is 1. The molecule has 0 spiro atoms. The SMILES string of the molecule is COc1ccc(CCN2C(=O)c3oc4ccc(C)cc4c(=O)c3C2c2cccc(O)c2)cc1OC. The Morgan fingerprint density at radius 3 is 2.51 bits per heavy atom. The summed E-state index contributed by atoms with van der Waals surface area (Å²) in [7, 11) is 3.15. The van der Waals surface area contributed by atoms with E-state index in [4.69, 9.17) is 13.9 Å². The summed E-state index contributed by atoms with van der Waals surface area (Å²) < 4.78 is 16.7. The van der Waals surface area contributed by atoms with Crippen LogP contribution >= 0.6 is 0 Å². The minimum absolute atomic E-state index is 0.0482. The van der Waals surface area contributed by atoms with Gasteiger partial charge in [-0.1, -0.05) is 29.8 Å². The zero-order valence-corrected chi connectivity index (χ0v) is 19.7. The van der Waals surface area contributed by atoms with E-state index < -0.39 is 6.04 Å². The van der Waals surface area contributed by atoms with Gasteiger partial charge < -0.3 is 23.9 Å². The Morgan fingerprint density at radius 1 is 0.971 bits per heavy atom. The maximum absolute atomic E-state index is 13.6. The molecule has 0 fully saturated rings. The number of aromatic hydroxyl groups is 1. The fourth-order valence-electron chi connectivity index (χ4n) is 4.69. The third-order valence-corrected chi connectivity index (χ3v) is 6.40. The monoisotopic (exact) mass is 471 g/mol. The molecule has 7 nitrogen and oxygen atoms in total. The molecule has 0 radical (unpaired) electrons. The van der Waals surface area contributed by atoms with E-state index in [1.807, 2.05) is 31.2 Å². The third-order valence-electron chi connectivity index (χ3n) is 6.40. The predicted octanol–water partition coefficient (Wildman–Crippen LogP) is 4.61. The van der Waals surface area contributed by atoms with Gasteiger partial charge in [0.1, 0.15) is 11.3 Å². The number of phenols is 1. The summed E-state index contributed by atoms with van der Waals surface area (Å²) in [5.74, 6) is 0.976. The minimum atomic E-state index is -0.675. The second-order valence-corrected chi connectivity index (χ2v) is 8.61. The van der Waals surface area contributed by atoms with Crippen LogP contribution in [0, 0.1) is 6.92 Å². The number of rotatable bonds is 6. The van der Waals surface area contributed by atoms with Crippen LogP contribution in [0.4, 0.5) is 0 Å². The Balaban J connectivity index is 1.59. The van der Waals surface area contributed by atoms with Crippen LogP contribution in [-0.2, 0) is 6.42 Å². The molecule has 1 aromatic heterocycles. The van der Waals surface area contributed by atoms with Crippen LogP contribution in [0.2, 0.25) is 0 Å². The van der Waals surface area contributed by atoms with Crippen molar-refractivity contribution in [2.75, 3.05) is 20.8 Å². The summed E-state index contributed by atoms with van der Waals surface area (Å²) in [6.45, 7) is 2.23. The van der Waals surface area contributed by atoms with Gasteiger partial charge >= 0.3 is 0 Å². The van der Waals surface area contributed by atoms with Gasteiger partial charge in [-0.2, -0.15) is 0 Å². The number of aryl methyl sites for hydroxylation is 1. The highest BCUT2D eigenvalue weighted by molar-refractivity contribution is 5.99. The second-order valence-electron chi connectivity index (χ2n) is 8.61. The average Bonchev–Trinajstić information content (AvgIpc) is 3.14. The van der Waals surface area contributed by atoms with E-state index in [-0.39, 0.29) is 22.8 Å². The van der Waals surface area contributed by atoms with Crippen LogP contribution in [0.1, 0.15) is 38.9 Å². The normalized spacial score (nSPS) is 14.9. The highest BCUT2D eigenvalue weighted by atomic mass is 16.5. The molecule has 4 aromatic rings. The number of phenolic OH excluding ortho intramolecular Hbond substituents is 1. The molecular formula is C28H25NO6. The zero-order valence-electron chi connectivity index (χ0n) is 19.7. The molecule has 1 aliphatic rings. The van der Waals surface area contributed by atoms with Crippen molar-refractivity contribution in [2.45, 2.75) is 19.4 Å². The Bertz CT molecular complexity index is 1510. The van der Waals surface area contributed by atoms with Crippen molar-refractivity contribution in [3.63, 3.8) is 0 Å². The molecule has 3 aromatic carbocycles. The highest BCUT2D eigenvalue weighted by Gasteiger charge is 2.42. The maximum Gasteiger partial charge on any atom is 0.290 e. The summed E-state index contributed by atoms with van der Waals surface area (Å²) >= 11 is 0. The van der Waals surface area contributed by atoms with Gasteiger partial charge in [-0.25, -0.2) is 0 Å². The van der Waals surface area contributed by atoms with E-state index in [2.05, 4.69) is 0 Å². The lowest BCUT2D eigenvalue weighted by molar-refractivity contribution is 0.0730. The molecule has 0 saturated heterocycles. The van der Waals surface area contributed by atoms with Crippen LogP contribution in [0.15, 0.2) is 69.9 Å². The summed E-state index contributed by atoms with van der Waals surface area (Å²) in [5.41, 5.74) is 2.95. The molecule has 7 heteroatoms. The Hall–Kier alpha value is -4.26. The second kappa shape index (κ2) is 8.83. The summed E-state index contributed by atoms with van der Waals surface area (Å²) in [5, 5.41) is 10.6. The molecule has 1 amide bonds. The number of hydrogen-bond acceptors (Lipinski definition) is 6. The molecule has 0 aliphatic carbocycles. The van der Waals surface area contributed by atoms with Gasteiger partial charge in [-0.3, -0.25) is 9.59 Å². The number of carbonyl (C=O) groups is 1. The molecule has 0 saturated carbocycles. The molecule has 1 N–H and O–H groups in total. The molecule has 1 atom stereocenters. The van der Waals surface area contributed by atoms with Gasteiger partial charge in [0.25, 0.3) is 5.91 Å². The van der Waals surface area contributed by atoms with Gasteiger partial charge in [-0.15, -0.1) is 0 Å². The first kappa shape index (κ1) is 22.5. The quantitative estimate of drug-likeness (QED) is 0.442. The Kier molecular flexibility index (Phi) is 5.68. The lowest BCUT2D eigenvalue weighted by Crippen LogP contribution is -2.31. The predicted molar refractivity (Wildman–Crippen MR) is 131 cm³/mol. The molecule has 5 rings (SSSR count). The van der Waals surface area contributed by atoms with Crippen molar-refractivity contribution >= 4 is 16.9 Å². The third kappa shape index (κ3) is 3.89. The van der Waals surface area contributed by atoms with Gasteiger partial charge in [0.15, 0.2) is 16.9 Å². The van der Waals surface area contributed by atoms with Crippen molar-refractivity contribution < 1.29 is 23.8 Å². The maximum atomic E-state index is 13.6. The lowest BCUT2D eigenvalue weighted by Gasteiger charge is -2.25. The molecule has 2 heterocycles. The zero-order chi connectivity index (χ0) is 24.7. The van der Waals surface area contributed by atoms with E-state index in [0.29, 0.717) is 46.6 Å². The van der Waals surface area contributed by atoms with Gasteiger partial charge in [0.2, 0.25) is 5.76 Å². The Morgan fingerprint density at radius 2 is 1.77 bits per heavy atom. The van der Waals surface area contributed by atoms with Gasteiger partial charge in [0, 0.05) is 6.54 Å². The molecule has 0 bridgehead atoms. The minimum Gasteiger partial charge on any atom is -0.508 e. The van der Waals surface area contributed by atoms with E-state index in [1.54, 1.807) is 55.5 Å². The van der Waals surface area contributed by atoms with Crippen molar-refractivity contribution in [2.24, 2.45) is 0 Å². The molecule has 1 unspecified atom stereocenters. The molecule has 1 aliphatic heterocycles. The number of fused-ring (bicyclic) bond motifs is 2. The van der Waals surface area contributed by atoms with Crippen molar-refractivity contribution in [3.05, 3.63) is 98.9 Å². The standard InChI is InChI=1S/C28H25NO6/c1-16-7-9-21-20(13-16)26(31)24-25(18-5-4-6-19(30)15-18)29(28(32)27(24)35-21)12-11-17-8-10-22(33-2)23(14-17)34-3/h4-10,13-15,25,30H,11-12H2,1-3H3. The van der Waals surface area contributed by atoms with Gasteiger partial charge in [0.05, 0.1) is 31.2 Å². The van der Waals surface area contributed by atoms with Crippen molar-refractivity contribution in [1.29, 1.82) is 0 Å². The first-order valence-electron chi connectivity index (χ1n) is 11.3. The summed E-state index contributed by atoms with van der Waals surface area (Å²) in [4.78, 5) is 28.8. The summed E-state index contributed by atoms with van der Waals surface area (Å²) in [6, 6.07) is 16.9. The van der Waals surface area contributed by atoms with Crippen LogP contribution < -0.4 is 14.9 Å². The highest BCUT2D eigenvalue weighted by Crippen LogP contribution is 2.39. The largest absolute Gasteiger partial charge is 0.508 e.